The standard InChI is InChI=1S/C18H17N5O3/c1-12-17(23-9-3-2-4-16(23)21-12)18(25)22-20-10-13-5-7-14(8-6-13)26-11-15(19)24/h2-10H,11H2,1H3,(H2,19,24)(H,22,25)/b20-10-. The molecule has 3 aromatic rings. The molecule has 0 bridgehead atoms. The molecular formula is C18H17N5O3. The number of aryl methyl sites for hydroxylation is 1. The molecule has 0 aliphatic rings. The molecule has 0 unspecified atom stereocenters. The van der Waals surface area contributed by atoms with Crippen LogP contribution in [-0.2, 0) is 4.79 Å². The van der Waals surface area contributed by atoms with Gasteiger partial charge in [-0.15, -0.1) is 0 Å². The number of aromatic nitrogens is 2. The van der Waals surface area contributed by atoms with Crippen molar-refractivity contribution < 1.29 is 14.3 Å². The van der Waals surface area contributed by atoms with Crippen molar-refractivity contribution >= 4 is 23.7 Å². The van der Waals surface area contributed by atoms with Gasteiger partial charge in [0.15, 0.2) is 6.61 Å². The summed E-state index contributed by atoms with van der Waals surface area (Å²) in [5, 5.41) is 3.97. The highest BCUT2D eigenvalue weighted by Crippen LogP contribution is 2.12. The van der Waals surface area contributed by atoms with E-state index in [0.29, 0.717) is 22.8 Å². The second kappa shape index (κ2) is 7.47. The molecule has 26 heavy (non-hydrogen) atoms. The highest BCUT2D eigenvalue weighted by molar-refractivity contribution is 5.95. The molecule has 2 aromatic heterocycles. The second-order valence-corrected chi connectivity index (χ2v) is 5.50. The number of carbonyl (C=O) groups excluding carboxylic acids is 2. The number of primary amides is 1. The van der Waals surface area contributed by atoms with Crippen LogP contribution in [0.5, 0.6) is 5.75 Å². The number of hydrogen-bond acceptors (Lipinski definition) is 5. The van der Waals surface area contributed by atoms with Crippen LogP contribution < -0.4 is 15.9 Å². The average Bonchev–Trinajstić information content (AvgIpc) is 2.96. The van der Waals surface area contributed by atoms with Gasteiger partial charge in [-0.25, -0.2) is 10.4 Å². The van der Waals surface area contributed by atoms with E-state index in [1.54, 1.807) is 41.8 Å². The third kappa shape index (κ3) is 3.86. The predicted molar refractivity (Wildman–Crippen MR) is 96.1 cm³/mol. The van der Waals surface area contributed by atoms with Gasteiger partial charge in [0.25, 0.3) is 11.8 Å². The minimum absolute atomic E-state index is 0.178. The summed E-state index contributed by atoms with van der Waals surface area (Å²) in [6.45, 7) is 1.60. The Labute approximate surface area is 149 Å². The van der Waals surface area contributed by atoms with Crippen molar-refractivity contribution in [2.45, 2.75) is 6.92 Å². The highest BCUT2D eigenvalue weighted by atomic mass is 16.5. The van der Waals surface area contributed by atoms with E-state index >= 15 is 0 Å². The van der Waals surface area contributed by atoms with Crippen molar-refractivity contribution in [2.75, 3.05) is 6.61 Å². The number of hydrogen-bond donors (Lipinski definition) is 2. The van der Waals surface area contributed by atoms with Gasteiger partial charge in [-0.05, 0) is 48.9 Å². The number of benzene rings is 1. The summed E-state index contributed by atoms with van der Waals surface area (Å²) in [5.41, 5.74) is 10.0. The maximum Gasteiger partial charge on any atom is 0.290 e. The Kier molecular flexibility index (Phi) is 4.93. The lowest BCUT2D eigenvalue weighted by Gasteiger charge is -2.03. The first-order chi connectivity index (χ1) is 12.5. The Hall–Kier alpha value is -3.68. The molecule has 0 radical (unpaired) electrons. The van der Waals surface area contributed by atoms with Crippen LogP contribution in [0, 0.1) is 6.92 Å². The maximum absolute atomic E-state index is 12.4. The molecule has 1 aromatic carbocycles. The number of rotatable bonds is 6. The van der Waals surface area contributed by atoms with Crippen molar-refractivity contribution in [3.05, 3.63) is 65.6 Å². The van der Waals surface area contributed by atoms with Gasteiger partial charge in [-0.3, -0.25) is 14.0 Å². The molecular weight excluding hydrogens is 334 g/mol. The lowest BCUT2D eigenvalue weighted by Crippen LogP contribution is -2.20. The van der Waals surface area contributed by atoms with E-state index in [9.17, 15) is 9.59 Å². The molecule has 0 fully saturated rings. The molecule has 0 atom stereocenters. The second-order valence-electron chi connectivity index (χ2n) is 5.50. The molecule has 3 rings (SSSR count). The van der Waals surface area contributed by atoms with Gasteiger partial charge >= 0.3 is 0 Å². The summed E-state index contributed by atoms with van der Waals surface area (Å²) in [4.78, 5) is 27.4. The van der Waals surface area contributed by atoms with Gasteiger partial charge in [0.1, 0.15) is 17.1 Å². The van der Waals surface area contributed by atoms with Crippen LogP contribution in [0.4, 0.5) is 0 Å². The zero-order valence-electron chi connectivity index (χ0n) is 14.0. The zero-order valence-corrected chi connectivity index (χ0v) is 14.0. The van der Waals surface area contributed by atoms with Crippen LogP contribution in [0.3, 0.4) is 0 Å². The topological polar surface area (TPSA) is 111 Å². The predicted octanol–water partition coefficient (Wildman–Crippen LogP) is 1.27. The third-order valence-corrected chi connectivity index (χ3v) is 3.56. The SMILES string of the molecule is Cc1nc2ccccn2c1C(=O)N/N=C\c1ccc(OCC(N)=O)cc1. The van der Waals surface area contributed by atoms with E-state index in [2.05, 4.69) is 15.5 Å². The number of nitrogens with zero attached hydrogens (tertiary/aromatic N) is 3. The van der Waals surface area contributed by atoms with Crippen molar-refractivity contribution in [3.8, 4) is 5.75 Å². The minimum Gasteiger partial charge on any atom is -0.484 e. The Morgan fingerprint density at radius 3 is 2.77 bits per heavy atom. The molecule has 132 valence electrons. The van der Waals surface area contributed by atoms with Crippen molar-refractivity contribution in [2.24, 2.45) is 10.8 Å². The Morgan fingerprint density at radius 1 is 1.27 bits per heavy atom. The largest absolute Gasteiger partial charge is 0.484 e. The van der Waals surface area contributed by atoms with Gasteiger partial charge < -0.3 is 10.5 Å². The number of nitrogens with two attached hydrogens (primary N) is 1. The van der Waals surface area contributed by atoms with Crippen LogP contribution in [0.25, 0.3) is 5.65 Å². The number of hydrazone groups is 1. The lowest BCUT2D eigenvalue weighted by molar-refractivity contribution is -0.119. The van der Waals surface area contributed by atoms with Crippen molar-refractivity contribution in [3.63, 3.8) is 0 Å². The maximum atomic E-state index is 12.4. The van der Waals surface area contributed by atoms with Gasteiger partial charge in [-0.2, -0.15) is 5.10 Å². The average molecular weight is 351 g/mol. The molecule has 0 saturated heterocycles. The fourth-order valence-corrected chi connectivity index (χ4v) is 2.41. The summed E-state index contributed by atoms with van der Waals surface area (Å²) in [5.74, 6) is -0.369. The number of amides is 2. The molecule has 0 aliphatic heterocycles. The first kappa shape index (κ1) is 17.2. The van der Waals surface area contributed by atoms with Gasteiger partial charge in [0.2, 0.25) is 0 Å². The molecule has 0 saturated carbocycles. The smallest absolute Gasteiger partial charge is 0.290 e. The molecule has 2 heterocycles. The van der Waals surface area contributed by atoms with Crippen LogP contribution in [0.1, 0.15) is 21.7 Å². The molecule has 8 heteroatoms. The summed E-state index contributed by atoms with van der Waals surface area (Å²) in [6.07, 6.45) is 3.28. The van der Waals surface area contributed by atoms with E-state index in [1.807, 2.05) is 18.2 Å². The Balaban J connectivity index is 1.65. The van der Waals surface area contributed by atoms with E-state index in [-0.39, 0.29) is 12.5 Å². The molecule has 3 N–H and O–H groups in total. The first-order valence-corrected chi connectivity index (χ1v) is 7.83. The minimum atomic E-state index is -0.541. The Bertz CT molecular complexity index is 976. The normalized spacial score (nSPS) is 11.0. The fraction of sp³-hybridized carbons (Fsp3) is 0.111. The molecule has 8 nitrogen and oxygen atoms in total. The number of pyridine rings is 1. The van der Waals surface area contributed by atoms with Gasteiger partial charge in [0, 0.05) is 6.20 Å². The summed E-state index contributed by atoms with van der Waals surface area (Å²) >= 11 is 0. The quantitative estimate of drug-likeness (QED) is 0.514. The summed E-state index contributed by atoms with van der Waals surface area (Å²) < 4.78 is 6.88. The van der Waals surface area contributed by atoms with Crippen molar-refractivity contribution in [1.29, 1.82) is 0 Å². The van der Waals surface area contributed by atoms with E-state index in [4.69, 9.17) is 10.5 Å². The van der Waals surface area contributed by atoms with Crippen LogP contribution in [0.15, 0.2) is 53.8 Å². The number of carbonyl (C=O) groups is 2. The Morgan fingerprint density at radius 2 is 2.04 bits per heavy atom. The third-order valence-electron chi connectivity index (χ3n) is 3.56. The highest BCUT2D eigenvalue weighted by Gasteiger charge is 2.15. The number of imidazole rings is 1. The number of ether oxygens (including phenoxy) is 1. The molecule has 2 amide bonds. The van der Waals surface area contributed by atoms with Crippen LogP contribution in [0.2, 0.25) is 0 Å². The van der Waals surface area contributed by atoms with E-state index in [0.717, 1.165) is 5.56 Å². The van der Waals surface area contributed by atoms with Crippen LogP contribution >= 0.6 is 0 Å². The first-order valence-electron chi connectivity index (χ1n) is 7.83. The molecule has 0 spiro atoms. The van der Waals surface area contributed by atoms with E-state index < -0.39 is 5.91 Å². The number of fused-ring (bicyclic) bond motifs is 1. The summed E-state index contributed by atoms with van der Waals surface area (Å²) in [7, 11) is 0. The summed E-state index contributed by atoms with van der Waals surface area (Å²) in [6, 6.07) is 12.4. The zero-order chi connectivity index (χ0) is 18.5. The monoisotopic (exact) mass is 351 g/mol. The van der Waals surface area contributed by atoms with Gasteiger partial charge in [0.05, 0.1) is 11.9 Å². The van der Waals surface area contributed by atoms with Crippen molar-refractivity contribution in [1.82, 2.24) is 14.8 Å². The van der Waals surface area contributed by atoms with Gasteiger partial charge in [-0.1, -0.05) is 6.07 Å². The number of nitrogens with one attached hydrogen (secondary N) is 1. The van der Waals surface area contributed by atoms with E-state index in [1.165, 1.54) is 6.21 Å². The van der Waals surface area contributed by atoms with Crippen LogP contribution in [-0.4, -0.2) is 34.0 Å². The lowest BCUT2D eigenvalue weighted by atomic mass is 10.2. The fourth-order valence-electron chi connectivity index (χ4n) is 2.41. The molecule has 0 aliphatic carbocycles.